The van der Waals surface area contributed by atoms with Crippen LogP contribution in [-0.4, -0.2) is 11.8 Å². The van der Waals surface area contributed by atoms with Gasteiger partial charge in [-0.1, -0.05) is 75.8 Å². The van der Waals surface area contributed by atoms with Crippen LogP contribution < -0.4 is 4.74 Å². The molecule has 0 radical (unpaired) electrons. The molecule has 0 aromatic heterocycles. The monoisotopic (exact) mass is 358 g/mol. The molecule has 0 aliphatic heterocycles. The number of benzene rings is 2. The van der Waals surface area contributed by atoms with Crippen molar-refractivity contribution in [3.05, 3.63) is 54.1 Å². The van der Waals surface area contributed by atoms with Crippen LogP contribution in [0.3, 0.4) is 0 Å². The van der Waals surface area contributed by atoms with Crippen molar-refractivity contribution in [3.63, 3.8) is 0 Å². The van der Waals surface area contributed by atoms with Crippen LogP contribution >= 0.6 is 11.6 Å². The molecule has 2 nitrogen and oxygen atoms in total. The van der Waals surface area contributed by atoms with Gasteiger partial charge in [0.1, 0.15) is 5.75 Å². The molecule has 2 aromatic carbocycles. The quantitative estimate of drug-likeness (QED) is 0.324. The van der Waals surface area contributed by atoms with Gasteiger partial charge in [-0.3, -0.25) is 4.79 Å². The lowest BCUT2D eigenvalue weighted by atomic mass is 10.00. The Morgan fingerprint density at radius 2 is 1.60 bits per heavy atom. The molecule has 0 bridgehead atoms. The molecule has 2 rings (SSSR count). The van der Waals surface area contributed by atoms with Gasteiger partial charge >= 0.3 is 0 Å². The van der Waals surface area contributed by atoms with Crippen molar-refractivity contribution >= 4 is 16.8 Å². The molecule has 134 valence electrons. The minimum Gasteiger partial charge on any atom is -0.494 e. The van der Waals surface area contributed by atoms with Crippen molar-refractivity contribution in [3.8, 4) is 16.9 Å². The predicted octanol–water partition coefficient (Wildman–Crippen LogP) is 6.86. The van der Waals surface area contributed by atoms with Gasteiger partial charge in [-0.15, -0.1) is 0 Å². The second kappa shape index (κ2) is 10.9. The van der Waals surface area contributed by atoms with E-state index in [2.05, 4.69) is 6.92 Å². The Balaban J connectivity index is 1.88. The van der Waals surface area contributed by atoms with Crippen LogP contribution in [0.1, 0.15) is 62.2 Å². The third-order valence-electron chi connectivity index (χ3n) is 4.30. The first-order valence-corrected chi connectivity index (χ1v) is 9.62. The van der Waals surface area contributed by atoms with E-state index in [1.54, 1.807) is 6.07 Å². The van der Waals surface area contributed by atoms with E-state index in [1.807, 2.05) is 42.5 Å². The summed E-state index contributed by atoms with van der Waals surface area (Å²) in [6, 6.07) is 15.4. The minimum absolute atomic E-state index is 0.458. The van der Waals surface area contributed by atoms with Crippen molar-refractivity contribution in [1.29, 1.82) is 0 Å². The van der Waals surface area contributed by atoms with Gasteiger partial charge in [0.25, 0.3) is 5.24 Å². The summed E-state index contributed by atoms with van der Waals surface area (Å²) < 4.78 is 5.80. The standard InChI is InChI=1S/C22H27ClO2/c1-2-3-4-5-6-7-11-16-25-19-14-15-20(21(17-19)22(23)24)18-12-9-8-10-13-18/h8-10,12-15,17H,2-7,11,16H2,1H3. The average molecular weight is 359 g/mol. The van der Waals surface area contributed by atoms with Crippen LogP contribution in [-0.2, 0) is 0 Å². The van der Waals surface area contributed by atoms with E-state index in [0.717, 1.165) is 17.5 Å². The van der Waals surface area contributed by atoms with Crippen LogP contribution in [0.15, 0.2) is 48.5 Å². The molecule has 0 aliphatic carbocycles. The van der Waals surface area contributed by atoms with E-state index in [0.29, 0.717) is 17.9 Å². The van der Waals surface area contributed by atoms with Gasteiger partial charge in [-0.2, -0.15) is 0 Å². The molecule has 0 N–H and O–H groups in total. The normalized spacial score (nSPS) is 10.6. The lowest BCUT2D eigenvalue weighted by Gasteiger charge is -2.11. The van der Waals surface area contributed by atoms with Crippen LogP contribution in [0.2, 0.25) is 0 Å². The summed E-state index contributed by atoms with van der Waals surface area (Å²) in [6.07, 6.45) is 8.75. The maximum Gasteiger partial charge on any atom is 0.253 e. The summed E-state index contributed by atoms with van der Waals surface area (Å²) in [5, 5.41) is -0.458. The molecule has 0 spiro atoms. The van der Waals surface area contributed by atoms with Crippen molar-refractivity contribution in [2.75, 3.05) is 6.61 Å². The summed E-state index contributed by atoms with van der Waals surface area (Å²) in [5.74, 6) is 0.703. The van der Waals surface area contributed by atoms with Gasteiger partial charge in [-0.05, 0) is 47.3 Å². The summed E-state index contributed by atoms with van der Waals surface area (Å²) in [4.78, 5) is 11.8. The first-order chi connectivity index (χ1) is 12.2. The largest absolute Gasteiger partial charge is 0.494 e. The molecule has 0 atom stereocenters. The highest BCUT2D eigenvalue weighted by atomic mass is 35.5. The molecule has 0 aliphatic rings. The zero-order valence-electron chi connectivity index (χ0n) is 15.0. The molecular formula is C22H27ClO2. The van der Waals surface area contributed by atoms with E-state index >= 15 is 0 Å². The van der Waals surface area contributed by atoms with Gasteiger partial charge in [-0.25, -0.2) is 0 Å². The Bertz CT molecular complexity index is 652. The summed E-state index contributed by atoms with van der Waals surface area (Å²) in [5.41, 5.74) is 2.30. The van der Waals surface area contributed by atoms with E-state index in [-0.39, 0.29) is 0 Å². The Hall–Kier alpha value is -1.80. The molecule has 2 aromatic rings. The lowest BCUT2D eigenvalue weighted by molar-refractivity contribution is 0.108. The Morgan fingerprint density at radius 1 is 0.920 bits per heavy atom. The maximum atomic E-state index is 11.8. The molecule has 0 saturated heterocycles. The fourth-order valence-electron chi connectivity index (χ4n) is 2.89. The molecule has 0 unspecified atom stereocenters. The molecule has 0 fully saturated rings. The van der Waals surface area contributed by atoms with Crippen molar-refractivity contribution < 1.29 is 9.53 Å². The molecule has 25 heavy (non-hydrogen) atoms. The third-order valence-corrected chi connectivity index (χ3v) is 4.51. The van der Waals surface area contributed by atoms with Gasteiger partial charge in [0.2, 0.25) is 0 Å². The smallest absolute Gasteiger partial charge is 0.253 e. The van der Waals surface area contributed by atoms with Gasteiger partial charge in [0.05, 0.1) is 6.61 Å². The van der Waals surface area contributed by atoms with E-state index in [4.69, 9.17) is 16.3 Å². The first-order valence-electron chi connectivity index (χ1n) is 9.24. The molecular weight excluding hydrogens is 332 g/mol. The van der Waals surface area contributed by atoms with Crippen LogP contribution in [0.5, 0.6) is 5.75 Å². The summed E-state index contributed by atoms with van der Waals surface area (Å²) in [7, 11) is 0. The maximum absolute atomic E-state index is 11.8. The number of unbranched alkanes of at least 4 members (excludes halogenated alkanes) is 6. The van der Waals surface area contributed by atoms with Crippen LogP contribution in [0.25, 0.3) is 11.1 Å². The minimum atomic E-state index is -0.458. The molecule has 0 saturated carbocycles. The van der Waals surface area contributed by atoms with Crippen molar-refractivity contribution in [2.24, 2.45) is 0 Å². The number of halogens is 1. The average Bonchev–Trinajstić information content (AvgIpc) is 2.64. The highest BCUT2D eigenvalue weighted by Crippen LogP contribution is 2.28. The Kier molecular flexibility index (Phi) is 8.54. The third kappa shape index (κ3) is 6.55. The van der Waals surface area contributed by atoms with Crippen LogP contribution in [0, 0.1) is 0 Å². The summed E-state index contributed by atoms with van der Waals surface area (Å²) >= 11 is 5.78. The molecule has 3 heteroatoms. The molecule has 0 heterocycles. The SMILES string of the molecule is CCCCCCCCCOc1ccc(-c2ccccc2)c(C(=O)Cl)c1. The highest BCUT2D eigenvalue weighted by molar-refractivity contribution is 6.68. The second-order valence-corrected chi connectivity index (χ2v) is 6.66. The number of carbonyl (C=O) groups is 1. The van der Waals surface area contributed by atoms with E-state index < -0.39 is 5.24 Å². The Labute approximate surface area is 156 Å². The van der Waals surface area contributed by atoms with E-state index in [9.17, 15) is 4.79 Å². The van der Waals surface area contributed by atoms with Gasteiger partial charge in [0, 0.05) is 5.56 Å². The number of carbonyl (C=O) groups excluding carboxylic acids is 1. The number of hydrogen-bond donors (Lipinski definition) is 0. The number of ether oxygens (including phenoxy) is 1. The lowest BCUT2D eigenvalue weighted by Crippen LogP contribution is -2.00. The number of rotatable bonds is 11. The topological polar surface area (TPSA) is 26.3 Å². The zero-order chi connectivity index (χ0) is 17.9. The second-order valence-electron chi connectivity index (χ2n) is 6.32. The van der Waals surface area contributed by atoms with Crippen molar-refractivity contribution in [2.45, 2.75) is 51.9 Å². The van der Waals surface area contributed by atoms with Gasteiger partial charge < -0.3 is 4.74 Å². The van der Waals surface area contributed by atoms with Crippen molar-refractivity contribution in [1.82, 2.24) is 0 Å². The van der Waals surface area contributed by atoms with Crippen LogP contribution in [0.4, 0.5) is 0 Å². The highest BCUT2D eigenvalue weighted by Gasteiger charge is 2.12. The zero-order valence-corrected chi connectivity index (χ0v) is 15.7. The summed E-state index contributed by atoms with van der Waals surface area (Å²) in [6.45, 7) is 2.91. The molecule has 0 amide bonds. The van der Waals surface area contributed by atoms with Gasteiger partial charge in [0.15, 0.2) is 0 Å². The van der Waals surface area contributed by atoms with E-state index in [1.165, 1.54) is 38.5 Å². The predicted molar refractivity (Wildman–Crippen MR) is 106 cm³/mol. The first kappa shape index (κ1) is 19.5. The fraction of sp³-hybridized carbons (Fsp3) is 0.409. The fourth-order valence-corrected chi connectivity index (χ4v) is 3.05. The Morgan fingerprint density at radius 3 is 2.28 bits per heavy atom. The number of hydrogen-bond acceptors (Lipinski definition) is 2.